The van der Waals surface area contributed by atoms with Crippen LogP contribution in [0.3, 0.4) is 0 Å². The minimum Gasteiger partial charge on any atom is -0.444 e. The highest BCUT2D eigenvalue weighted by Gasteiger charge is 2.37. The van der Waals surface area contributed by atoms with Crippen molar-refractivity contribution < 1.29 is 41.8 Å². The van der Waals surface area contributed by atoms with E-state index in [2.05, 4.69) is 20.9 Å². The number of halogens is 3. The van der Waals surface area contributed by atoms with E-state index in [-0.39, 0.29) is 43.3 Å². The third-order valence-electron chi connectivity index (χ3n) is 9.27. The van der Waals surface area contributed by atoms with E-state index in [0.717, 1.165) is 11.8 Å². The fourth-order valence-corrected chi connectivity index (χ4v) is 6.62. The van der Waals surface area contributed by atoms with Gasteiger partial charge in [-0.1, -0.05) is 54.6 Å². The number of carbonyl (C=O) groups is 3. The van der Waals surface area contributed by atoms with Crippen molar-refractivity contribution in [2.45, 2.75) is 96.2 Å². The summed E-state index contributed by atoms with van der Waals surface area (Å²) in [4.78, 5) is 46.7. The Kier molecular flexibility index (Phi) is 14.5. The molecule has 0 aliphatic carbocycles. The number of morpholine rings is 1. The molecule has 0 spiro atoms. The number of hydrogen-bond donors (Lipinski definition) is 3. The molecule has 5 rings (SSSR count). The van der Waals surface area contributed by atoms with Crippen LogP contribution in [0.2, 0.25) is 0 Å². The molecule has 3 amide bonds. The first-order chi connectivity index (χ1) is 27.5. The number of benzene rings is 3. The van der Waals surface area contributed by atoms with Crippen LogP contribution in [0.25, 0.3) is 0 Å². The molecule has 1 saturated heterocycles. The summed E-state index contributed by atoms with van der Waals surface area (Å²) in [5.41, 5.74) is 0.461. The third kappa shape index (κ3) is 12.8. The van der Waals surface area contributed by atoms with Crippen molar-refractivity contribution in [1.82, 2.24) is 20.5 Å². The van der Waals surface area contributed by atoms with E-state index in [1.165, 1.54) is 54.7 Å². The highest BCUT2D eigenvalue weighted by atomic mass is 19.1. The number of carbonyl (C=O) groups excluding carboxylic acids is 3. The van der Waals surface area contributed by atoms with Crippen LogP contribution < -0.4 is 16.0 Å². The lowest BCUT2D eigenvalue weighted by atomic mass is 9.84. The van der Waals surface area contributed by atoms with Gasteiger partial charge in [-0.2, -0.15) is 0 Å². The van der Waals surface area contributed by atoms with Crippen molar-refractivity contribution in [2.24, 2.45) is 0 Å². The van der Waals surface area contributed by atoms with Crippen LogP contribution in [0.5, 0.6) is 0 Å². The van der Waals surface area contributed by atoms with Crippen LogP contribution in [0.15, 0.2) is 91.3 Å². The number of aromatic nitrogens is 1. The van der Waals surface area contributed by atoms with E-state index in [1.54, 1.807) is 46.4 Å². The molecule has 0 unspecified atom stereocenters. The van der Waals surface area contributed by atoms with Crippen molar-refractivity contribution in [3.8, 4) is 0 Å². The number of ether oxygens (including phenoxy) is 3. The second-order valence-corrected chi connectivity index (χ2v) is 16.2. The second kappa shape index (κ2) is 19.3. The van der Waals surface area contributed by atoms with E-state index in [0.29, 0.717) is 24.2 Å². The van der Waals surface area contributed by atoms with E-state index >= 15 is 4.39 Å². The number of nitrogens with zero attached hydrogens (tertiary/aromatic N) is 2. The van der Waals surface area contributed by atoms with Crippen molar-refractivity contribution in [1.29, 1.82) is 0 Å². The first kappa shape index (κ1) is 43.6. The highest BCUT2D eigenvalue weighted by molar-refractivity contribution is 5.98. The molecule has 3 atom stereocenters. The van der Waals surface area contributed by atoms with Crippen molar-refractivity contribution in [3.63, 3.8) is 0 Å². The average molecular weight is 804 g/mol. The van der Waals surface area contributed by atoms with Gasteiger partial charge in [-0.25, -0.2) is 22.8 Å². The molecular formula is C44H52F3N5O6. The van der Waals surface area contributed by atoms with Gasteiger partial charge >= 0.3 is 12.2 Å². The molecule has 1 aliphatic heterocycles. The first-order valence-electron chi connectivity index (χ1n) is 19.3. The maximum atomic E-state index is 15.6. The fraction of sp³-hybridized carbons (Fsp3) is 0.409. The van der Waals surface area contributed by atoms with Crippen LogP contribution in [-0.2, 0) is 32.0 Å². The average Bonchev–Trinajstić information content (AvgIpc) is 3.15. The fourth-order valence-electron chi connectivity index (χ4n) is 6.62. The number of alkyl carbamates (subject to hydrolysis) is 1. The monoisotopic (exact) mass is 803 g/mol. The van der Waals surface area contributed by atoms with Crippen LogP contribution in [0.1, 0.15) is 76.1 Å². The smallest absolute Gasteiger partial charge is 0.410 e. The van der Waals surface area contributed by atoms with Gasteiger partial charge in [0.1, 0.15) is 34.7 Å². The molecule has 1 aromatic heterocycles. The Morgan fingerprint density at radius 1 is 0.845 bits per heavy atom. The van der Waals surface area contributed by atoms with E-state index in [4.69, 9.17) is 14.2 Å². The zero-order valence-corrected chi connectivity index (χ0v) is 33.7. The van der Waals surface area contributed by atoms with Gasteiger partial charge < -0.3 is 30.2 Å². The highest BCUT2D eigenvalue weighted by Crippen LogP contribution is 2.31. The van der Waals surface area contributed by atoms with Gasteiger partial charge in [0.05, 0.1) is 43.4 Å². The zero-order chi connectivity index (χ0) is 42.0. The Morgan fingerprint density at radius 2 is 1.45 bits per heavy atom. The molecule has 3 aromatic carbocycles. The topological polar surface area (TPSA) is 131 Å². The summed E-state index contributed by atoms with van der Waals surface area (Å²) in [5.74, 6) is -3.47. The number of amides is 3. The molecule has 14 heteroatoms. The second-order valence-electron chi connectivity index (χ2n) is 16.2. The molecule has 1 fully saturated rings. The lowest BCUT2D eigenvalue weighted by Gasteiger charge is -2.40. The lowest BCUT2D eigenvalue weighted by molar-refractivity contribution is -0.118. The Bertz CT molecular complexity index is 1940. The molecular weight excluding hydrogens is 752 g/mol. The van der Waals surface area contributed by atoms with Crippen LogP contribution >= 0.6 is 0 Å². The summed E-state index contributed by atoms with van der Waals surface area (Å²) in [6.07, 6.45) is 0.765. The third-order valence-corrected chi connectivity index (χ3v) is 9.27. The summed E-state index contributed by atoms with van der Waals surface area (Å²) in [7, 11) is 0. The van der Waals surface area contributed by atoms with Gasteiger partial charge in [-0.3, -0.25) is 14.7 Å². The van der Waals surface area contributed by atoms with Crippen LogP contribution in [-0.4, -0.2) is 77.1 Å². The van der Waals surface area contributed by atoms with Gasteiger partial charge in [-0.15, -0.1) is 0 Å². The summed E-state index contributed by atoms with van der Waals surface area (Å²) in [6.45, 7) is 11.8. The summed E-state index contributed by atoms with van der Waals surface area (Å²) < 4.78 is 61.3. The number of anilines is 1. The molecule has 4 aromatic rings. The molecule has 0 bridgehead atoms. The van der Waals surface area contributed by atoms with Crippen molar-refractivity contribution in [3.05, 3.63) is 131 Å². The van der Waals surface area contributed by atoms with E-state index < -0.39 is 64.8 Å². The van der Waals surface area contributed by atoms with Crippen molar-refractivity contribution >= 4 is 23.8 Å². The molecule has 0 saturated carbocycles. The number of pyridine rings is 1. The predicted molar refractivity (Wildman–Crippen MR) is 214 cm³/mol. The largest absolute Gasteiger partial charge is 0.444 e. The minimum atomic E-state index is -1.42. The summed E-state index contributed by atoms with van der Waals surface area (Å²) >= 11 is 0. The van der Waals surface area contributed by atoms with Crippen molar-refractivity contribution in [2.75, 3.05) is 25.0 Å². The molecule has 58 heavy (non-hydrogen) atoms. The molecule has 11 nitrogen and oxygen atoms in total. The Hall–Kier alpha value is -5.47. The summed E-state index contributed by atoms with van der Waals surface area (Å²) in [6, 6.07) is 18.8. The number of nitrogens with one attached hydrogen (secondary N) is 3. The number of hydrogen-bond acceptors (Lipinski definition) is 8. The lowest BCUT2D eigenvalue weighted by Crippen LogP contribution is -2.56. The van der Waals surface area contributed by atoms with Gasteiger partial charge in [-0.05, 0) is 95.3 Å². The van der Waals surface area contributed by atoms with E-state index in [9.17, 15) is 23.2 Å². The van der Waals surface area contributed by atoms with E-state index in [1.807, 2.05) is 30.3 Å². The maximum Gasteiger partial charge on any atom is 0.410 e. The zero-order valence-electron chi connectivity index (χ0n) is 33.7. The predicted octanol–water partition coefficient (Wildman–Crippen LogP) is 7.89. The Morgan fingerprint density at radius 3 is 2.03 bits per heavy atom. The molecule has 2 heterocycles. The van der Waals surface area contributed by atoms with Crippen LogP contribution in [0, 0.1) is 17.5 Å². The SMILES string of the molecule is CC(C)(C)OC(=O)N[C@H](C(=O)Nc1cncc(F)c1CC[C@@H]1CN(C(=O)OC(C)(C)C)[C@H](CNCc2ccccc2)CO1)C(c1ccc(F)cc1)c1ccc(F)cc1. The quantitative estimate of drug-likeness (QED) is 0.125. The number of rotatable bonds is 13. The Balaban J connectivity index is 1.37. The molecule has 3 N–H and O–H groups in total. The van der Waals surface area contributed by atoms with Gasteiger partial charge in [0, 0.05) is 24.6 Å². The van der Waals surface area contributed by atoms with Crippen LogP contribution in [0.4, 0.5) is 28.4 Å². The molecule has 0 radical (unpaired) electrons. The van der Waals surface area contributed by atoms with Gasteiger partial charge in [0.25, 0.3) is 0 Å². The normalized spacial score (nSPS) is 16.4. The summed E-state index contributed by atoms with van der Waals surface area (Å²) in [5, 5.41) is 8.80. The maximum absolute atomic E-state index is 15.6. The van der Waals surface area contributed by atoms with Gasteiger partial charge in [0.2, 0.25) is 5.91 Å². The standard InChI is InChI=1S/C44H52F3N5O6/c1-43(2,3)57-41(54)51-39(38(29-12-16-31(45)17-13-29)30-14-18-32(46)19-15-30)40(53)50-37-25-49-24-36(47)35(37)21-20-34-26-52(42(55)58-44(4,5)6)33(27-56-34)23-48-22-28-10-8-7-9-11-28/h7-19,24-25,33-34,38-39,48H,20-23,26-27H2,1-6H3,(H,50,53)(H,51,54)/t33-,34-,39+/m1/s1. The Labute approximate surface area is 337 Å². The van der Waals surface area contributed by atoms with Gasteiger partial charge in [0.15, 0.2) is 0 Å². The first-order valence-corrected chi connectivity index (χ1v) is 19.3. The molecule has 310 valence electrons. The minimum absolute atomic E-state index is 0.0424. The molecule has 1 aliphatic rings.